The van der Waals surface area contributed by atoms with Crippen molar-refractivity contribution in [1.82, 2.24) is 14.5 Å². The van der Waals surface area contributed by atoms with Crippen LogP contribution in [0, 0.1) is 0 Å². The van der Waals surface area contributed by atoms with Gasteiger partial charge < -0.3 is 5.32 Å². The lowest BCUT2D eigenvalue weighted by Gasteiger charge is -2.34. The lowest BCUT2D eigenvalue weighted by atomic mass is 10.2. The molecule has 0 bridgehead atoms. The van der Waals surface area contributed by atoms with Crippen molar-refractivity contribution in [1.29, 1.82) is 0 Å². The molecule has 0 spiro atoms. The van der Waals surface area contributed by atoms with Crippen LogP contribution >= 0.6 is 11.6 Å². The van der Waals surface area contributed by atoms with Crippen molar-refractivity contribution in [2.75, 3.05) is 32.7 Å². The number of piperazine rings is 1. The average Bonchev–Trinajstić information content (AvgIpc) is 2.73. The summed E-state index contributed by atoms with van der Waals surface area (Å²) in [4.78, 5) is 13.2. The van der Waals surface area contributed by atoms with Crippen LogP contribution in [0.15, 0.2) is 53.4 Å². The standard InChI is InChI=1S/C20H21ClF3N3O3S/c21-17-7-3-1-5-15(17)13-25-19(28)14-26-9-11-27(12-10-26)31(29,30)18-8-4-2-6-16(18)20(22,23)24/h1-8H,9-14H2,(H,25,28). The fourth-order valence-corrected chi connectivity index (χ4v) is 5.12. The highest BCUT2D eigenvalue weighted by molar-refractivity contribution is 7.89. The van der Waals surface area contributed by atoms with Crippen LogP contribution in [0.3, 0.4) is 0 Å². The zero-order valence-electron chi connectivity index (χ0n) is 16.4. The van der Waals surface area contributed by atoms with Gasteiger partial charge in [-0.05, 0) is 23.8 Å². The Kier molecular flexibility index (Phi) is 7.25. The molecular formula is C20H21ClF3N3O3S. The number of hydrogen-bond acceptors (Lipinski definition) is 4. The smallest absolute Gasteiger partial charge is 0.351 e. The van der Waals surface area contributed by atoms with Crippen molar-refractivity contribution in [3.63, 3.8) is 0 Å². The van der Waals surface area contributed by atoms with Crippen LogP contribution in [-0.4, -0.2) is 56.3 Å². The molecule has 1 heterocycles. The van der Waals surface area contributed by atoms with Crippen molar-refractivity contribution < 1.29 is 26.4 Å². The summed E-state index contributed by atoms with van der Waals surface area (Å²) in [6.45, 7) is 0.761. The Morgan fingerprint density at radius 3 is 2.26 bits per heavy atom. The molecular weight excluding hydrogens is 455 g/mol. The number of nitrogens with one attached hydrogen (secondary N) is 1. The second kappa shape index (κ2) is 9.56. The molecule has 0 aromatic heterocycles. The molecule has 0 aliphatic carbocycles. The Balaban J connectivity index is 1.57. The number of hydrogen-bond donors (Lipinski definition) is 1. The minimum Gasteiger partial charge on any atom is -0.351 e. The molecule has 11 heteroatoms. The van der Waals surface area contributed by atoms with Crippen LogP contribution in [0.25, 0.3) is 0 Å². The maximum atomic E-state index is 13.2. The largest absolute Gasteiger partial charge is 0.417 e. The molecule has 168 valence electrons. The van der Waals surface area contributed by atoms with Gasteiger partial charge in [0.2, 0.25) is 15.9 Å². The number of carbonyl (C=O) groups excluding carboxylic acids is 1. The minimum atomic E-state index is -4.77. The third-order valence-electron chi connectivity index (χ3n) is 4.94. The number of sulfonamides is 1. The van der Waals surface area contributed by atoms with E-state index in [-0.39, 0.29) is 45.2 Å². The van der Waals surface area contributed by atoms with Crippen LogP contribution in [0.4, 0.5) is 13.2 Å². The summed E-state index contributed by atoms with van der Waals surface area (Å²) in [5, 5.41) is 3.30. The third-order valence-corrected chi connectivity index (χ3v) is 7.27. The molecule has 1 aliphatic rings. The molecule has 3 rings (SSSR count). The molecule has 1 N–H and O–H groups in total. The van der Waals surface area contributed by atoms with Gasteiger partial charge in [-0.15, -0.1) is 0 Å². The minimum absolute atomic E-state index is 0.00762. The molecule has 0 unspecified atom stereocenters. The highest BCUT2D eigenvalue weighted by Crippen LogP contribution is 2.35. The van der Waals surface area contributed by atoms with Gasteiger partial charge in [0.1, 0.15) is 0 Å². The molecule has 0 radical (unpaired) electrons. The monoisotopic (exact) mass is 475 g/mol. The van der Waals surface area contributed by atoms with Crippen LogP contribution < -0.4 is 5.32 Å². The predicted octanol–water partition coefficient (Wildman–Crippen LogP) is 2.98. The number of carbonyl (C=O) groups is 1. The third kappa shape index (κ3) is 5.76. The summed E-state index contributed by atoms with van der Waals surface area (Å²) in [5.74, 6) is -0.251. The highest BCUT2D eigenvalue weighted by Gasteiger charge is 2.39. The first kappa shape index (κ1) is 23.5. The summed E-state index contributed by atoms with van der Waals surface area (Å²) < 4.78 is 66.3. The van der Waals surface area contributed by atoms with Crippen LogP contribution in [0.2, 0.25) is 5.02 Å². The van der Waals surface area contributed by atoms with Crippen molar-refractivity contribution in [2.24, 2.45) is 0 Å². The number of rotatable bonds is 6. The molecule has 1 amide bonds. The van der Waals surface area contributed by atoms with Crippen molar-refractivity contribution >= 4 is 27.5 Å². The maximum absolute atomic E-state index is 13.2. The first-order valence-corrected chi connectivity index (χ1v) is 11.3. The van der Waals surface area contributed by atoms with E-state index in [9.17, 15) is 26.4 Å². The lowest BCUT2D eigenvalue weighted by Crippen LogP contribution is -2.51. The fraction of sp³-hybridized carbons (Fsp3) is 0.350. The number of alkyl halides is 3. The molecule has 1 aliphatic heterocycles. The van der Waals surface area contributed by atoms with Gasteiger partial charge in [-0.1, -0.05) is 41.9 Å². The highest BCUT2D eigenvalue weighted by atomic mass is 35.5. The van der Waals surface area contributed by atoms with Gasteiger partial charge in [-0.25, -0.2) is 8.42 Å². The molecule has 2 aromatic carbocycles. The molecule has 1 fully saturated rings. The normalized spacial score (nSPS) is 16.3. The van der Waals surface area contributed by atoms with E-state index in [0.717, 1.165) is 28.1 Å². The Morgan fingerprint density at radius 2 is 1.61 bits per heavy atom. The van der Waals surface area contributed by atoms with E-state index in [2.05, 4.69) is 5.32 Å². The second-order valence-electron chi connectivity index (χ2n) is 7.04. The Labute approximate surface area is 183 Å². The fourth-order valence-electron chi connectivity index (χ4n) is 3.29. The van der Waals surface area contributed by atoms with E-state index >= 15 is 0 Å². The molecule has 2 aromatic rings. The maximum Gasteiger partial charge on any atom is 0.417 e. The van der Waals surface area contributed by atoms with Gasteiger partial charge >= 0.3 is 6.18 Å². The van der Waals surface area contributed by atoms with Gasteiger partial charge in [0, 0.05) is 37.7 Å². The van der Waals surface area contributed by atoms with Gasteiger partial charge in [-0.2, -0.15) is 17.5 Å². The predicted molar refractivity (Wildman–Crippen MR) is 110 cm³/mol. The lowest BCUT2D eigenvalue weighted by molar-refractivity contribution is -0.140. The van der Waals surface area contributed by atoms with Crippen LogP contribution in [0.5, 0.6) is 0 Å². The SMILES string of the molecule is O=C(CN1CCN(S(=O)(=O)c2ccccc2C(F)(F)F)CC1)NCc1ccccc1Cl. The second-order valence-corrected chi connectivity index (χ2v) is 9.36. The summed E-state index contributed by atoms with van der Waals surface area (Å²) in [6, 6.07) is 11.3. The number of benzene rings is 2. The molecule has 31 heavy (non-hydrogen) atoms. The Hall–Kier alpha value is -2.14. The van der Waals surface area contributed by atoms with Gasteiger partial charge in [-0.3, -0.25) is 9.69 Å². The molecule has 6 nitrogen and oxygen atoms in total. The van der Waals surface area contributed by atoms with Gasteiger partial charge in [0.05, 0.1) is 17.0 Å². The summed E-state index contributed by atoms with van der Waals surface area (Å²) >= 11 is 6.05. The number of halogens is 4. The van der Waals surface area contributed by atoms with E-state index < -0.39 is 26.7 Å². The van der Waals surface area contributed by atoms with Crippen molar-refractivity contribution in [2.45, 2.75) is 17.6 Å². The zero-order chi connectivity index (χ0) is 22.6. The van der Waals surface area contributed by atoms with E-state index in [1.807, 2.05) is 6.07 Å². The average molecular weight is 476 g/mol. The first-order chi connectivity index (χ1) is 14.6. The molecule has 0 saturated carbocycles. The van der Waals surface area contributed by atoms with Crippen molar-refractivity contribution in [3.8, 4) is 0 Å². The molecule has 0 atom stereocenters. The van der Waals surface area contributed by atoms with Gasteiger partial charge in [0.15, 0.2) is 0 Å². The van der Waals surface area contributed by atoms with E-state index in [0.29, 0.717) is 5.02 Å². The number of nitrogens with zero attached hydrogens (tertiary/aromatic N) is 2. The summed E-state index contributed by atoms with van der Waals surface area (Å²) in [6.07, 6.45) is -4.77. The quantitative estimate of drug-likeness (QED) is 0.697. The molecule has 1 saturated heterocycles. The van der Waals surface area contributed by atoms with E-state index in [1.54, 1.807) is 23.1 Å². The Bertz CT molecular complexity index is 1040. The van der Waals surface area contributed by atoms with Crippen LogP contribution in [-0.2, 0) is 27.5 Å². The topological polar surface area (TPSA) is 69.7 Å². The number of amides is 1. The zero-order valence-corrected chi connectivity index (χ0v) is 18.0. The first-order valence-electron chi connectivity index (χ1n) is 9.48. The summed E-state index contributed by atoms with van der Waals surface area (Å²) in [7, 11) is -4.31. The van der Waals surface area contributed by atoms with Crippen molar-refractivity contribution in [3.05, 3.63) is 64.7 Å². The summed E-state index contributed by atoms with van der Waals surface area (Å²) in [5.41, 5.74) is -0.409. The Morgan fingerprint density at radius 1 is 1.00 bits per heavy atom. The van der Waals surface area contributed by atoms with Crippen LogP contribution in [0.1, 0.15) is 11.1 Å². The van der Waals surface area contributed by atoms with E-state index in [4.69, 9.17) is 11.6 Å². The van der Waals surface area contributed by atoms with Gasteiger partial charge in [0.25, 0.3) is 0 Å². The van der Waals surface area contributed by atoms with E-state index in [1.165, 1.54) is 6.07 Å².